The summed E-state index contributed by atoms with van der Waals surface area (Å²) in [6.07, 6.45) is 2.88. The fourth-order valence-corrected chi connectivity index (χ4v) is 2.56. The predicted octanol–water partition coefficient (Wildman–Crippen LogP) is 3.33. The molecular formula is C13H22BrN3. The van der Waals surface area contributed by atoms with Crippen molar-refractivity contribution in [3.8, 4) is 0 Å². The van der Waals surface area contributed by atoms with Gasteiger partial charge in [0, 0.05) is 18.3 Å². The highest BCUT2D eigenvalue weighted by molar-refractivity contribution is 9.10. The van der Waals surface area contributed by atoms with E-state index in [1.807, 2.05) is 13.1 Å². The number of hydrogen-bond donors (Lipinski definition) is 2. The van der Waals surface area contributed by atoms with E-state index in [4.69, 9.17) is 5.73 Å². The second-order valence-corrected chi connectivity index (χ2v) is 6.19. The quantitative estimate of drug-likeness (QED) is 0.877. The Morgan fingerprint density at radius 2 is 2.18 bits per heavy atom. The van der Waals surface area contributed by atoms with E-state index >= 15 is 0 Å². The third-order valence-corrected chi connectivity index (χ3v) is 3.31. The number of nitrogens with one attached hydrogen (secondary N) is 1. The minimum atomic E-state index is -0.112. The van der Waals surface area contributed by atoms with Crippen molar-refractivity contribution in [3.05, 3.63) is 22.3 Å². The fraction of sp³-hybridized carbons (Fsp3) is 0.615. The first-order chi connectivity index (χ1) is 7.86. The Bertz CT molecular complexity index is 379. The molecule has 0 amide bonds. The van der Waals surface area contributed by atoms with E-state index in [0.717, 1.165) is 22.3 Å². The molecule has 0 spiro atoms. The zero-order valence-electron chi connectivity index (χ0n) is 11.0. The third-order valence-electron chi connectivity index (χ3n) is 2.71. The molecule has 3 nitrogen and oxygen atoms in total. The van der Waals surface area contributed by atoms with Crippen molar-refractivity contribution in [1.29, 1.82) is 0 Å². The molecule has 0 radical (unpaired) electrons. The van der Waals surface area contributed by atoms with Crippen LogP contribution in [0.4, 0.5) is 5.82 Å². The Labute approximate surface area is 112 Å². The van der Waals surface area contributed by atoms with Gasteiger partial charge in [0.25, 0.3) is 0 Å². The minimum absolute atomic E-state index is 0.112. The molecule has 0 aliphatic rings. The number of aromatic nitrogens is 1. The summed E-state index contributed by atoms with van der Waals surface area (Å²) in [4.78, 5) is 4.40. The lowest BCUT2D eigenvalue weighted by atomic mass is 9.91. The zero-order chi connectivity index (χ0) is 13.1. The summed E-state index contributed by atoms with van der Waals surface area (Å²) in [6, 6.07) is 2.06. The normalized spacial score (nSPS) is 14.8. The summed E-state index contributed by atoms with van der Waals surface area (Å²) in [5, 5.41) is 3.45. The van der Waals surface area contributed by atoms with Crippen molar-refractivity contribution in [2.75, 3.05) is 11.9 Å². The third kappa shape index (κ3) is 4.28. The number of aryl methyl sites for hydroxylation is 1. The molecule has 1 unspecified atom stereocenters. The molecule has 3 N–H and O–H groups in total. The van der Waals surface area contributed by atoms with Gasteiger partial charge in [-0.05, 0) is 53.7 Å². The largest absolute Gasteiger partial charge is 0.363 e. The monoisotopic (exact) mass is 299 g/mol. The van der Waals surface area contributed by atoms with E-state index in [2.05, 4.69) is 53.1 Å². The van der Waals surface area contributed by atoms with Crippen molar-refractivity contribution in [2.45, 2.75) is 39.7 Å². The number of halogens is 1. The van der Waals surface area contributed by atoms with Gasteiger partial charge in [0.15, 0.2) is 0 Å². The minimum Gasteiger partial charge on any atom is -0.363 e. The Morgan fingerprint density at radius 3 is 2.65 bits per heavy atom. The average Bonchev–Trinajstić information content (AvgIpc) is 2.21. The molecule has 4 heteroatoms. The summed E-state index contributed by atoms with van der Waals surface area (Å²) in [5.74, 6) is 1.46. The molecule has 0 saturated heterocycles. The van der Waals surface area contributed by atoms with Crippen LogP contribution in [0.15, 0.2) is 16.7 Å². The molecule has 1 aromatic rings. The Morgan fingerprint density at radius 1 is 1.53 bits per heavy atom. The van der Waals surface area contributed by atoms with Gasteiger partial charge in [0.05, 0.1) is 4.47 Å². The molecular weight excluding hydrogens is 278 g/mol. The second kappa shape index (κ2) is 5.83. The van der Waals surface area contributed by atoms with Gasteiger partial charge in [-0.3, -0.25) is 0 Å². The van der Waals surface area contributed by atoms with Crippen LogP contribution in [-0.2, 0) is 0 Å². The van der Waals surface area contributed by atoms with Gasteiger partial charge in [-0.1, -0.05) is 13.8 Å². The molecule has 17 heavy (non-hydrogen) atoms. The Hall–Kier alpha value is -0.610. The standard InChI is InChI=1S/C13H22BrN3/c1-9(2)6-13(4,8-15)17-12-11(14)5-10(3)7-16-12/h5,7,9H,6,8,15H2,1-4H3,(H,16,17). The summed E-state index contributed by atoms with van der Waals surface area (Å²) in [5.41, 5.74) is 6.90. The van der Waals surface area contributed by atoms with Crippen LogP contribution in [-0.4, -0.2) is 17.1 Å². The highest BCUT2D eigenvalue weighted by atomic mass is 79.9. The van der Waals surface area contributed by atoms with Crippen LogP contribution >= 0.6 is 15.9 Å². The first kappa shape index (κ1) is 14.5. The van der Waals surface area contributed by atoms with Gasteiger partial charge in [-0.25, -0.2) is 4.98 Å². The van der Waals surface area contributed by atoms with Crippen molar-refractivity contribution in [3.63, 3.8) is 0 Å². The summed E-state index contributed by atoms with van der Waals surface area (Å²) < 4.78 is 0.987. The number of anilines is 1. The Balaban J connectivity index is 2.87. The number of hydrogen-bond acceptors (Lipinski definition) is 3. The Kier molecular flexibility index (Phi) is 4.95. The lowest BCUT2D eigenvalue weighted by Gasteiger charge is -2.32. The molecule has 0 fully saturated rings. The first-order valence-corrected chi connectivity index (χ1v) is 6.76. The van der Waals surface area contributed by atoms with E-state index < -0.39 is 0 Å². The number of nitrogens with zero attached hydrogens (tertiary/aromatic N) is 1. The second-order valence-electron chi connectivity index (χ2n) is 5.33. The van der Waals surface area contributed by atoms with Gasteiger partial charge in [0.2, 0.25) is 0 Å². The van der Waals surface area contributed by atoms with Crippen molar-refractivity contribution in [2.24, 2.45) is 11.7 Å². The lowest BCUT2D eigenvalue weighted by molar-refractivity contribution is 0.406. The van der Waals surface area contributed by atoms with Gasteiger partial charge >= 0.3 is 0 Å². The zero-order valence-corrected chi connectivity index (χ0v) is 12.6. The SMILES string of the molecule is Cc1cnc(NC(C)(CN)CC(C)C)c(Br)c1. The summed E-state index contributed by atoms with van der Waals surface area (Å²) >= 11 is 3.53. The van der Waals surface area contributed by atoms with E-state index in [1.54, 1.807) is 0 Å². The molecule has 0 aliphatic carbocycles. The molecule has 1 rings (SSSR count). The lowest BCUT2D eigenvalue weighted by Crippen LogP contribution is -2.44. The van der Waals surface area contributed by atoms with Crippen LogP contribution in [0.2, 0.25) is 0 Å². The maximum atomic E-state index is 5.88. The maximum Gasteiger partial charge on any atom is 0.140 e. The number of nitrogens with two attached hydrogens (primary N) is 1. The van der Waals surface area contributed by atoms with E-state index in [9.17, 15) is 0 Å². The maximum absolute atomic E-state index is 5.88. The van der Waals surface area contributed by atoms with E-state index in [1.165, 1.54) is 0 Å². The molecule has 1 heterocycles. The molecule has 0 aromatic carbocycles. The van der Waals surface area contributed by atoms with Crippen LogP contribution in [0.1, 0.15) is 32.8 Å². The summed E-state index contributed by atoms with van der Waals surface area (Å²) in [7, 11) is 0. The predicted molar refractivity (Wildman–Crippen MR) is 77.2 cm³/mol. The van der Waals surface area contributed by atoms with Gasteiger partial charge < -0.3 is 11.1 Å². The van der Waals surface area contributed by atoms with Crippen LogP contribution in [0, 0.1) is 12.8 Å². The van der Waals surface area contributed by atoms with Gasteiger partial charge in [-0.2, -0.15) is 0 Å². The van der Waals surface area contributed by atoms with Gasteiger partial charge in [-0.15, -0.1) is 0 Å². The van der Waals surface area contributed by atoms with E-state index in [0.29, 0.717) is 12.5 Å². The number of pyridine rings is 1. The smallest absolute Gasteiger partial charge is 0.140 e. The topological polar surface area (TPSA) is 50.9 Å². The molecule has 0 aliphatic heterocycles. The molecule has 0 bridgehead atoms. The molecule has 96 valence electrons. The molecule has 0 saturated carbocycles. The highest BCUT2D eigenvalue weighted by Crippen LogP contribution is 2.26. The van der Waals surface area contributed by atoms with Crippen LogP contribution in [0.5, 0.6) is 0 Å². The van der Waals surface area contributed by atoms with Crippen molar-refractivity contribution >= 4 is 21.7 Å². The van der Waals surface area contributed by atoms with E-state index in [-0.39, 0.29) is 5.54 Å². The fourth-order valence-electron chi connectivity index (χ4n) is 2.00. The van der Waals surface area contributed by atoms with Gasteiger partial charge in [0.1, 0.15) is 5.82 Å². The van der Waals surface area contributed by atoms with Crippen molar-refractivity contribution < 1.29 is 0 Å². The first-order valence-electron chi connectivity index (χ1n) is 5.97. The van der Waals surface area contributed by atoms with Crippen LogP contribution in [0.25, 0.3) is 0 Å². The van der Waals surface area contributed by atoms with Crippen LogP contribution < -0.4 is 11.1 Å². The summed E-state index contributed by atoms with van der Waals surface area (Å²) in [6.45, 7) is 9.16. The molecule has 1 aromatic heterocycles. The average molecular weight is 300 g/mol. The van der Waals surface area contributed by atoms with Crippen LogP contribution in [0.3, 0.4) is 0 Å². The van der Waals surface area contributed by atoms with Crippen molar-refractivity contribution in [1.82, 2.24) is 4.98 Å². The molecule has 1 atom stereocenters. The highest BCUT2D eigenvalue weighted by Gasteiger charge is 2.24. The number of rotatable bonds is 5.